The van der Waals surface area contributed by atoms with Gasteiger partial charge in [0, 0.05) is 51.3 Å². The predicted molar refractivity (Wildman–Crippen MR) is 85.8 cm³/mol. The van der Waals surface area contributed by atoms with Crippen molar-refractivity contribution in [3.8, 4) is 0 Å². The molecule has 2 N–H and O–H groups in total. The molecule has 5 nitrogen and oxygen atoms in total. The summed E-state index contributed by atoms with van der Waals surface area (Å²) in [4.78, 5) is 2.54. The molecule has 1 unspecified atom stereocenters. The zero-order valence-corrected chi connectivity index (χ0v) is 13.6. The van der Waals surface area contributed by atoms with Crippen molar-refractivity contribution in [2.75, 3.05) is 39.3 Å². The van der Waals surface area contributed by atoms with E-state index in [9.17, 15) is 5.11 Å². The quantitative estimate of drug-likeness (QED) is 0.865. The molecule has 120 valence electrons. The molecule has 2 aliphatic heterocycles. The Kier molecular flexibility index (Phi) is 6.05. The van der Waals surface area contributed by atoms with Crippen LogP contribution >= 0.6 is 12.4 Å². The topological polar surface area (TPSA) is 53.3 Å². The number of aromatic nitrogens is 2. The number of aryl methyl sites for hydroxylation is 1. The van der Waals surface area contributed by atoms with Gasteiger partial charge < -0.3 is 15.3 Å². The van der Waals surface area contributed by atoms with Crippen LogP contribution in [0.25, 0.3) is 0 Å². The van der Waals surface area contributed by atoms with Gasteiger partial charge in [0.15, 0.2) is 0 Å². The van der Waals surface area contributed by atoms with Crippen molar-refractivity contribution in [3.63, 3.8) is 0 Å². The first-order chi connectivity index (χ1) is 9.76. The van der Waals surface area contributed by atoms with Gasteiger partial charge in [-0.2, -0.15) is 5.10 Å². The van der Waals surface area contributed by atoms with E-state index >= 15 is 0 Å². The van der Waals surface area contributed by atoms with Crippen molar-refractivity contribution in [2.24, 2.45) is 18.9 Å². The third-order valence-electron chi connectivity index (χ3n) is 4.82. The highest BCUT2D eigenvalue weighted by atomic mass is 35.5. The predicted octanol–water partition coefficient (Wildman–Crippen LogP) is 0.849. The van der Waals surface area contributed by atoms with Crippen LogP contribution in [0.15, 0.2) is 12.4 Å². The number of piperidine rings is 1. The Hall–Kier alpha value is -0.620. The number of hydrogen-bond donors (Lipinski definition) is 2. The number of nitrogens with one attached hydrogen (secondary N) is 1. The van der Waals surface area contributed by atoms with E-state index in [1.807, 2.05) is 17.9 Å². The van der Waals surface area contributed by atoms with Gasteiger partial charge in [-0.3, -0.25) is 4.68 Å². The van der Waals surface area contributed by atoms with Crippen molar-refractivity contribution in [2.45, 2.75) is 18.8 Å². The fourth-order valence-electron chi connectivity index (χ4n) is 3.75. The van der Waals surface area contributed by atoms with E-state index in [1.165, 1.54) is 31.5 Å². The molecule has 2 fully saturated rings. The average molecular weight is 315 g/mol. The molecule has 1 aromatic heterocycles. The molecule has 21 heavy (non-hydrogen) atoms. The van der Waals surface area contributed by atoms with Crippen molar-refractivity contribution in [3.05, 3.63) is 18.0 Å². The highest BCUT2D eigenvalue weighted by Gasteiger charge is 2.34. The average Bonchev–Trinajstić information content (AvgIpc) is 3.06. The minimum absolute atomic E-state index is 0. The molecule has 0 bridgehead atoms. The Bertz CT molecular complexity index is 433. The van der Waals surface area contributed by atoms with Crippen LogP contribution in [-0.2, 0) is 7.05 Å². The summed E-state index contributed by atoms with van der Waals surface area (Å²) in [5, 5.41) is 17.4. The first-order valence-corrected chi connectivity index (χ1v) is 7.78. The monoisotopic (exact) mass is 314 g/mol. The highest BCUT2D eigenvalue weighted by molar-refractivity contribution is 5.85. The number of aliphatic hydroxyl groups is 1. The lowest BCUT2D eigenvalue weighted by molar-refractivity contribution is 0.201. The number of hydrogen-bond acceptors (Lipinski definition) is 4. The van der Waals surface area contributed by atoms with Crippen molar-refractivity contribution >= 4 is 12.4 Å². The number of halogens is 1. The maximum atomic E-state index is 9.66. The minimum atomic E-state index is 0. The largest absolute Gasteiger partial charge is 0.396 e. The van der Waals surface area contributed by atoms with E-state index < -0.39 is 0 Å². The second-order valence-corrected chi connectivity index (χ2v) is 6.43. The molecule has 3 heterocycles. The fourth-order valence-corrected chi connectivity index (χ4v) is 3.75. The highest BCUT2D eigenvalue weighted by Crippen LogP contribution is 2.32. The molecule has 2 aliphatic rings. The summed E-state index contributed by atoms with van der Waals surface area (Å²) in [6.45, 7) is 5.85. The second-order valence-electron chi connectivity index (χ2n) is 6.43. The zero-order valence-electron chi connectivity index (χ0n) is 12.7. The molecule has 0 aliphatic carbocycles. The van der Waals surface area contributed by atoms with Crippen LogP contribution in [0.1, 0.15) is 24.3 Å². The SMILES string of the molecule is Cl.Cn1cc([C@@H]2CN(CC3CCCNC3)C[C@H]2CO)cn1. The van der Waals surface area contributed by atoms with Gasteiger partial charge in [0.25, 0.3) is 0 Å². The lowest BCUT2D eigenvalue weighted by Gasteiger charge is -2.27. The summed E-state index contributed by atoms with van der Waals surface area (Å²) < 4.78 is 1.86. The molecule has 3 rings (SSSR count). The first-order valence-electron chi connectivity index (χ1n) is 7.78. The second kappa shape index (κ2) is 7.58. The van der Waals surface area contributed by atoms with Gasteiger partial charge in [-0.1, -0.05) is 0 Å². The summed E-state index contributed by atoms with van der Waals surface area (Å²) in [5.74, 6) is 1.57. The van der Waals surface area contributed by atoms with Crippen molar-refractivity contribution in [1.29, 1.82) is 0 Å². The van der Waals surface area contributed by atoms with Crippen LogP contribution < -0.4 is 5.32 Å². The van der Waals surface area contributed by atoms with Crippen LogP contribution in [0.4, 0.5) is 0 Å². The fraction of sp³-hybridized carbons (Fsp3) is 0.800. The number of likely N-dealkylation sites (tertiary alicyclic amines) is 1. The normalized spacial score (nSPS) is 30.3. The number of aliphatic hydroxyl groups excluding tert-OH is 1. The number of nitrogens with zero attached hydrogens (tertiary/aromatic N) is 3. The summed E-state index contributed by atoms with van der Waals surface area (Å²) in [6.07, 6.45) is 6.69. The Morgan fingerprint density at radius 3 is 2.90 bits per heavy atom. The van der Waals surface area contributed by atoms with Gasteiger partial charge in [0.05, 0.1) is 6.20 Å². The molecule has 2 saturated heterocycles. The first kappa shape index (κ1) is 16.7. The van der Waals surface area contributed by atoms with E-state index in [2.05, 4.69) is 21.5 Å². The molecular formula is C15H27ClN4O. The number of rotatable bonds is 4. The van der Waals surface area contributed by atoms with Crippen molar-refractivity contribution < 1.29 is 5.11 Å². The van der Waals surface area contributed by atoms with Crippen LogP contribution in [-0.4, -0.2) is 59.1 Å². The van der Waals surface area contributed by atoms with Gasteiger partial charge in [-0.15, -0.1) is 12.4 Å². The van der Waals surface area contributed by atoms with Gasteiger partial charge in [-0.05, 0) is 37.4 Å². The van der Waals surface area contributed by atoms with E-state index in [-0.39, 0.29) is 19.0 Å². The maximum absolute atomic E-state index is 9.66. The Morgan fingerprint density at radius 1 is 1.43 bits per heavy atom. The Labute approximate surface area is 133 Å². The van der Waals surface area contributed by atoms with Gasteiger partial charge in [-0.25, -0.2) is 0 Å². The van der Waals surface area contributed by atoms with E-state index in [1.54, 1.807) is 0 Å². The molecular weight excluding hydrogens is 288 g/mol. The summed E-state index contributed by atoms with van der Waals surface area (Å²) in [7, 11) is 1.96. The van der Waals surface area contributed by atoms with Crippen LogP contribution in [0.2, 0.25) is 0 Å². The molecule has 0 saturated carbocycles. The molecule has 1 aromatic rings. The maximum Gasteiger partial charge on any atom is 0.0525 e. The molecule has 3 atom stereocenters. The lowest BCUT2D eigenvalue weighted by Crippen LogP contribution is -2.37. The minimum Gasteiger partial charge on any atom is -0.396 e. The summed E-state index contributed by atoms with van der Waals surface area (Å²) in [5.41, 5.74) is 1.27. The van der Waals surface area contributed by atoms with E-state index in [4.69, 9.17) is 0 Å². The zero-order chi connectivity index (χ0) is 13.9. The van der Waals surface area contributed by atoms with Crippen molar-refractivity contribution in [1.82, 2.24) is 20.0 Å². The Morgan fingerprint density at radius 2 is 2.29 bits per heavy atom. The molecule has 0 aromatic carbocycles. The van der Waals surface area contributed by atoms with Gasteiger partial charge in [0.2, 0.25) is 0 Å². The molecule has 0 spiro atoms. The van der Waals surface area contributed by atoms with E-state index in [0.717, 1.165) is 25.6 Å². The standard InChI is InChI=1S/C15H26N4O.ClH/c1-18-8-13(6-17-18)15-10-19(9-14(15)11-20)7-12-3-2-4-16-5-12;/h6,8,12,14-16,20H,2-5,7,9-11H2,1H3;1H/t12?,14-,15-;/m0./s1. The third-order valence-corrected chi connectivity index (χ3v) is 4.82. The lowest BCUT2D eigenvalue weighted by atomic mass is 9.92. The molecule has 0 radical (unpaired) electrons. The third kappa shape index (κ3) is 3.97. The Balaban J connectivity index is 0.00000161. The van der Waals surface area contributed by atoms with Crippen LogP contribution in [0, 0.1) is 11.8 Å². The smallest absolute Gasteiger partial charge is 0.0525 e. The summed E-state index contributed by atoms with van der Waals surface area (Å²) >= 11 is 0. The van der Waals surface area contributed by atoms with Gasteiger partial charge >= 0.3 is 0 Å². The summed E-state index contributed by atoms with van der Waals surface area (Å²) in [6, 6.07) is 0. The molecule has 6 heteroatoms. The van der Waals surface area contributed by atoms with E-state index in [0.29, 0.717) is 11.8 Å². The van der Waals surface area contributed by atoms with Crippen LogP contribution in [0.3, 0.4) is 0 Å². The van der Waals surface area contributed by atoms with Gasteiger partial charge in [0.1, 0.15) is 0 Å². The van der Waals surface area contributed by atoms with Crippen LogP contribution in [0.5, 0.6) is 0 Å². The molecule has 0 amide bonds.